The van der Waals surface area contributed by atoms with E-state index in [1.54, 1.807) is 7.11 Å². The SMILES string of the molecule is CCC(C)(C)n1nnnc1C(c1cc2cc(C)ccc2[nH]c1=O)N(Cc1ccccc1)Cc1ccc(OC)cc1. The van der Waals surface area contributed by atoms with Crippen molar-refractivity contribution in [2.24, 2.45) is 0 Å². The molecule has 206 valence electrons. The van der Waals surface area contributed by atoms with E-state index in [1.807, 2.05) is 53.2 Å². The van der Waals surface area contributed by atoms with Crippen LogP contribution in [0.25, 0.3) is 10.9 Å². The summed E-state index contributed by atoms with van der Waals surface area (Å²) >= 11 is 0. The van der Waals surface area contributed by atoms with E-state index < -0.39 is 6.04 Å². The first kappa shape index (κ1) is 27.3. The van der Waals surface area contributed by atoms with Crippen molar-refractivity contribution >= 4 is 10.9 Å². The number of benzene rings is 3. The van der Waals surface area contributed by atoms with E-state index >= 15 is 0 Å². The molecule has 0 bridgehead atoms. The summed E-state index contributed by atoms with van der Waals surface area (Å²) in [6, 6.07) is 25.8. The Hall–Kier alpha value is -4.30. The Morgan fingerprint density at radius 2 is 1.68 bits per heavy atom. The summed E-state index contributed by atoms with van der Waals surface area (Å²) in [6.45, 7) is 9.55. The molecule has 0 aliphatic rings. The van der Waals surface area contributed by atoms with Crippen LogP contribution in [0, 0.1) is 6.92 Å². The quantitative estimate of drug-likeness (QED) is 0.244. The molecule has 2 heterocycles. The molecule has 0 saturated carbocycles. The van der Waals surface area contributed by atoms with Gasteiger partial charge in [-0.2, -0.15) is 0 Å². The van der Waals surface area contributed by atoms with Gasteiger partial charge in [-0.05, 0) is 84.5 Å². The van der Waals surface area contributed by atoms with Crippen molar-refractivity contribution in [2.45, 2.75) is 58.8 Å². The van der Waals surface area contributed by atoms with Crippen molar-refractivity contribution in [3.63, 3.8) is 0 Å². The van der Waals surface area contributed by atoms with Crippen molar-refractivity contribution in [1.29, 1.82) is 0 Å². The Balaban J connectivity index is 1.72. The second-order valence-electron chi connectivity index (χ2n) is 10.9. The number of nitrogens with zero attached hydrogens (tertiary/aromatic N) is 5. The van der Waals surface area contributed by atoms with E-state index in [0.29, 0.717) is 24.5 Å². The number of aromatic nitrogens is 5. The van der Waals surface area contributed by atoms with Crippen LogP contribution in [-0.4, -0.2) is 37.2 Å². The zero-order valence-corrected chi connectivity index (χ0v) is 23.8. The number of ether oxygens (including phenoxy) is 1. The first-order valence-electron chi connectivity index (χ1n) is 13.6. The molecule has 0 saturated heterocycles. The molecule has 3 aromatic carbocycles. The third kappa shape index (κ3) is 5.67. The molecule has 2 aromatic heterocycles. The number of methoxy groups -OCH3 is 1. The van der Waals surface area contributed by atoms with Crippen LogP contribution < -0.4 is 10.3 Å². The van der Waals surface area contributed by atoms with Crippen LogP contribution in [0.3, 0.4) is 0 Å². The Labute approximate surface area is 234 Å². The zero-order chi connectivity index (χ0) is 28.3. The minimum atomic E-state index is -0.517. The van der Waals surface area contributed by atoms with E-state index in [1.165, 1.54) is 0 Å². The Morgan fingerprint density at radius 3 is 2.35 bits per heavy atom. The average Bonchev–Trinajstić information content (AvgIpc) is 3.45. The lowest BCUT2D eigenvalue weighted by atomic mass is 9.98. The molecule has 0 spiro atoms. The van der Waals surface area contributed by atoms with Crippen molar-refractivity contribution in [1.82, 2.24) is 30.1 Å². The van der Waals surface area contributed by atoms with Gasteiger partial charge in [0.1, 0.15) is 11.8 Å². The minimum absolute atomic E-state index is 0.155. The number of hydrogen-bond donors (Lipinski definition) is 1. The monoisotopic (exact) mass is 536 g/mol. The average molecular weight is 537 g/mol. The molecule has 0 amide bonds. The van der Waals surface area contributed by atoms with E-state index in [0.717, 1.165) is 39.8 Å². The van der Waals surface area contributed by atoms with Crippen molar-refractivity contribution in [3.8, 4) is 5.75 Å². The fraction of sp³-hybridized carbons (Fsp3) is 0.312. The number of aromatic amines is 1. The van der Waals surface area contributed by atoms with Gasteiger partial charge in [0, 0.05) is 24.2 Å². The van der Waals surface area contributed by atoms with Gasteiger partial charge in [0.2, 0.25) is 0 Å². The van der Waals surface area contributed by atoms with Gasteiger partial charge in [0.05, 0.1) is 12.6 Å². The maximum absolute atomic E-state index is 13.8. The minimum Gasteiger partial charge on any atom is -0.497 e. The van der Waals surface area contributed by atoms with Crippen molar-refractivity contribution in [2.75, 3.05) is 7.11 Å². The molecule has 1 N–H and O–H groups in total. The van der Waals surface area contributed by atoms with Gasteiger partial charge in [-0.15, -0.1) is 5.10 Å². The maximum Gasteiger partial charge on any atom is 0.253 e. The summed E-state index contributed by atoms with van der Waals surface area (Å²) in [6.07, 6.45) is 0.822. The molecule has 40 heavy (non-hydrogen) atoms. The predicted octanol–water partition coefficient (Wildman–Crippen LogP) is 5.77. The van der Waals surface area contributed by atoms with Gasteiger partial charge >= 0.3 is 0 Å². The molecular weight excluding hydrogens is 500 g/mol. The highest BCUT2D eigenvalue weighted by molar-refractivity contribution is 5.79. The molecule has 5 aromatic rings. The summed E-state index contributed by atoms with van der Waals surface area (Å²) in [5, 5.41) is 14.1. The summed E-state index contributed by atoms with van der Waals surface area (Å²) in [7, 11) is 1.66. The van der Waals surface area contributed by atoms with Gasteiger partial charge in [-0.1, -0.05) is 61.0 Å². The Morgan fingerprint density at radius 1 is 0.975 bits per heavy atom. The molecule has 0 radical (unpaired) electrons. The number of nitrogens with one attached hydrogen (secondary N) is 1. The Bertz CT molecular complexity index is 1640. The molecule has 1 unspecified atom stereocenters. The van der Waals surface area contributed by atoms with Crippen LogP contribution in [0.15, 0.2) is 83.7 Å². The number of rotatable bonds is 10. The van der Waals surface area contributed by atoms with E-state index in [9.17, 15) is 4.79 Å². The van der Waals surface area contributed by atoms with Gasteiger partial charge in [0.15, 0.2) is 5.82 Å². The number of tetrazole rings is 1. The molecule has 0 aliphatic carbocycles. The van der Waals surface area contributed by atoms with E-state index in [2.05, 4.69) is 83.4 Å². The second-order valence-corrected chi connectivity index (χ2v) is 10.9. The Kier molecular flexibility index (Phi) is 7.80. The number of H-pyrrole nitrogens is 1. The molecule has 8 heteroatoms. The number of pyridine rings is 1. The molecule has 0 aliphatic heterocycles. The van der Waals surface area contributed by atoms with Gasteiger partial charge in [0.25, 0.3) is 5.56 Å². The lowest BCUT2D eigenvalue weighted by molar-refractivity contribution is 0.180. The number of aryl methyl sites for hydroxylation is 1. The molecule has 5 rings (SSSR count). The summed E-state index contributed by atoms with van der Waals surface area (Å²) < 4.78 is 7.27. The number of fused-ring (bicyclic) bond motifs is 1. The maximum atomic E-state index is 13.8. The van der Waals surface area contributed by atoms with Gasteiger partial charge in [-0.25, -0.2) is 4.68 Å². The third-order valence-corrected chi connectivity index (χ3v) is 7.64. The first-order chi connectivity index (χ1) is 19.3. The van der Waals surface area contributed by atoms with Gasteiger partial charge in [-0.3, -0.25) is 9.69 Å². The lowest BCUT2D eigenvalue weighted by Gasteiger charge is -2.33. The molecule has 1 atom stereocenters. The molecule has 0 fully saturated rings. The lowest BCUT2D eigenvalue weighted by Crippen LogP contribution is -2.38. The third-order valence-electron chi connectivity index (χ3n) is 7.64. The fourth-order valence-corrected chi connectivity index (χ4v) is 5.01. The van der Waals surface area contributed by atoms with Crippen LogP contribution in [0.2, 0.25) is 0 Å². The highest BCUT2D eigenvalue weighted by Crippen LogP contribution is 2.33. The second kappa shape index (κ2) is 11.4. The predicted molar refractivity (Wildman–Crippen MR) is 157 cm³/mol. The highest BCUT2D eigenvalue weighted by atomic mass is 16.5. The van der Waals surface area contributed by atoms with Crippen molar-refractivity contribution < 1.29 is 4.74 Å². The highest BCUT2D eigenvalue weighted by Gasteiger charge is 2.34. The summed E-state index contributed by atoms with van der Waals surface area (Å²) in [5.74, 6) is 1.43. The first-order valence-corrected chi connectivity index (χ1v) is 13.6. The van der Waals surface area contributed by atoms with E-state index in [-0.39, 0.29) is 11.1 Å². The zero-order valence-electron chi connectivity index (χ0n) is 23.8. The summed E-state index contributed by atoms with van der Waals surface area (Å²) in [4.78, 5) is 19.2. The standard InChI is InChI=1S/C32H36N6O2/c1-6-32(3,4)38-30(34-35-36-38)29(27-19-25-18-22(2)12-17-28(25)33-31(27)39)37(20-23-10-8-7-9-11-23)21-24-13-15-26(40-5)16-14-24/h7-19,29H,6,20-21H2,1-5H3,(H,33,39). The number of hydrogen-bond acceptors (Lipinski definition) is 6. The van der Waals surface area contributed by atoms with Crippen LogP contribution in [0.1, 0.15) is 61.3 Å². The van der Waals surface area contributed by atoms with Gasteiger partial charge < -0.3 is 9.72 Å². The van der Waals surface area contributed by atoms with Crippen LogP contribution in [0.5, 0.6) is 5.75 Å². The van der Waals surface area contributed by atoms with Crippen molar-refractivity contribution in [3.05, 3.63) is 117 Å². The largest absolute Gasteiger partial charge is 0.497 e. The normalized spacial score (nSPS) is 12.7. The molecule has 8 nitrogen and oxygen atoms in total. The van der Waals surface area contributed by atoms with E-state index in [4.69, 9.17) is 4.74 Å². The van der Waals surface area contributed by atoms with Crippen LogP contribution >= 0.6 is 0 Å². The van der Waals surface area contributed by atoms with Crippen LogP contribution in [-0.2, 0) is 18.6 Å². The topological polar surface area (TPSA) is 88.9 Å². The fourth-order valence-electron chi connectivity index (χ4n) is 5.01. The van der Waals surface area contributed by atoms with Crippen LogP contribution in [0.4, 0.5) is 0 Å². The molecular formula is C32H36N6O2. The smallest absolute Gasteiger partial charge is 0.253 e. The summed E-state index contributed by atoms with van der Waals surface area (Å²) in [5.41, 5.74) is 4.24.